The second-order valence-corrected chi connectivity index (χ2v) is 3.88. The van der Waals surface area contributed by atoms with E-state index in [1.54, 1.807) is 23.6 Å². The number of fused-ring (bicyclic) bond motifs is 1. The fourth-order valence-corrected chi connectivity index (χ4v) is 1.81. The first kappa shape index (κ1) is 9.85. The van der Waals surface area contributed by atoms with Crippen molar-refractivity contribution in [1.29, 1.82) is 0 Å². The number of amides is 1. The number of hydrogen-bond donors (Lipinski definition) is 2. The molecule has 0 unspecified atom stereocenters. The molecule has 0 saturated carbocycles. The van der Waals surface area contributed by atoms with Crippen LogP contribution in [0.3, 0.4) is 0 Å². The Bertz CT molecular complexity index is 661. The van der Waals surface area contributed by atoms with E-state index in [9.17, 15) is 4.79 Å². The lowest BCUT2D eigenvalue weighted by atomic mass is 10.2. The first-order valence-corrected chi connectivity index (χ1v) is 5.55. The van der Waals surface area contributed by atoms with Crippen LogP contribution in [0.15, 0.2) is 23.6 Å². The van der Waals surface area contributed by atoms with Gasteiger partial charge in [0.1, 0.15) is 11.0 Å². The summed E-state index contributed by atoms with van der Waals surface area (Å²) in [5.41, 5.74) is 2.39. The molecule has 0 bridgehead atoms. The summed E-state index contributed by atoms with van der Waals surface area (Å²) in [6.45, 7) is 0. The van der Waals surface area contributed by atoms with Gasteiger partial charge in [-0.2, -0.15) is 15.4 Å². The van der Waals surface area contributed by atoms with Crippen molar-refractivity contribution < 1.29 is 4.79 Å². The van der Waals surface area contributed by atoms with Gasteiger partial charge >= 0.3 is 0 Å². The van der Waals surface area contributed by atoms with Gasteiger partial charge in [-0.05, 0) is 29.7 Å². The average molecular weight is 246 g/mol. The van der Waals surface area contributed by atoms with Gasteiger partial charge in [-0.25, -0.2) is 0 Å². The monoisotopic (exact) mass is 246 g/mol. The number of hydrogen-bond acceptors (Lipinski definition) is 6. The molecule has 0 atom stereocenters. The summed E-state index contributed by atoms with van der Waals surface area (Å²) in [7, 11) is 0. The summed E-state index contributed by atoms with van der Waals surface area (Å²) in [4.78, 5) is 11.7. The first-order valence-electron chi connectivity index (χ1n) is 4.72. The molecule has 1 aromatic carbocycles. The van der Waals surface area contributed by atoms with Crippen LogP contribution in [0.4, 0.5) is 5.69 Å². The highest BCUT2D eigenvalue weighted by Gasteiger charge is 2.09. The van der Waals surface area contributed by atoms with E-state index in [0.29, 0.717) is 16.9 Å². The van der Waals surface area contributed by atoms with E-state index in [4.69, 9.17) is 0 Å². The number of rotatable bonds is 2. The second kappa shape index (κ2) is 3.91. The number of aromatic amines is 1. The summed E-state index contributed by atoms with van der Waals surface area (Å²) in [6, 6.07) is 5.26. The van der Waals surface area contributed by atoms with Crippen LogP contribution in [0.25, 0.3) is 11.0 Å². The van der Waals surface area contributed by atoms with Crippen molar-refractivity contribution in [3.8, 4) is 0 Å². The molecule has 2 N–H and O–H groups in total. The standard InChI is InChI=1S/C9H6N6OS/c16-9(8-4-17-15-13-8)10-5-1-2-6-7(3-5)12-14-11-6/h1-4H,(H,10,16)(H,11,12,14). The molecule has 0 aliphatic heterocycles. The van der Waals surface area contributed by atoms with Crippen LogP contribution < -0.4 is 5.32 Å². The number of carbonyl (C=O) groups excluding carboxylic acids is 1. The highest BCUT2D eigenvalue weighted by Crippen LogP contribution is 2.15. The number of H-pyrrole nitrogens is 1. The average Bonchev–Trinajstić information content (AvgIpc) is 2.99. The Kier molecular flexibility index (Phi) is 2.26. The van der Waals surface area contributed by atoms with Crippen molar-refractivity contribution in [2.24, 2.45) is 0 Å². The fraction of sp³-hybridized carbons (Fsp3) is 0. The van der Waals surface area contributed by atoms with Gasteiger partial charge in [0.05, 0.1) is 0 Å². The third-order valence-corrected chi connectivity index (χ3v) is 2.67. The molecule has 2 heterocycles. The molecule has 8 heteroatoms. The quantitative estimate of drug-likeness (QED) is 0.704. The van der Waals surface area contributed by atoms with Crippen LogP contribution in [0, 0.1) is 0 Å². The highest BCUT2D eigenvalue weighted by atomic mass is 32.1. The Balaban J connectivity index is 1.87. The summed E-state index contributed by atoms with van der Waals surface area (Å²) >= 11 is 1.13. The van der Waals surface area contributed by atoms with Gasteiger partial charge in [-0.1, -0.05) is 4.49 Å². The van der Waals surface area contributed by atoms with E-state index in [2.05, 4.69) is 30.3 Å². The zero-order valence-electron chi connectivity index (χ0n) is 8.41. The number of nitrogens with zero attached hydrogens (tertiary/aromatic N) is 4. The summed E-state index contributed by atoms with van der Waals surface area (Å²) in [5.74, 6) is -0.290. The molecular weight excluding hydrogens is 240 g/mol. The normalized spacial score (nSPS) is 10.6. The molecule has 84 valence electrons. The van der Waals surface area contributed by atoms with Gasteiger partial charge < -0.3 is 5.32 Å². The van der Waals surface area contributed by atoms with Crippen molar-refractivity contribution in [3.05, 3.63) is 29.3 Å². The maximum absolute atomic E-state index is 11.7. The highest BCUT2D eigenvalue weighted by molar-refractivity contribution is 7.03. The second-order valence-electron chi connectivity index (χ2n) is 3.27. The largest absolute Gasteiger partial charge is 0.320 e. The minimum Gasteiger partial charge on any atom is -0.320 e. The van der Waals surface area contributed by atoms with Crippen molar-refractivity contribution in [2.75, 3.05) is 5.32 Å². The van der Waals surface area contributed by atoms with E-state index in [1.165, 1.54) is 0 Å². The first-order chi connectivity index (χ1) is 8.33. The minimum absolute atomic E-state index is 0.290. The van der Waals surface area contributed by atoms with Crippen molar-refractivity contribution >= 4 is 34.2 Å². The molecular formula is C9H6N6OS. The molecule has 7 nitrogen and oxygen atoms in total. The van der Waals surface area contributed by atoms with E-state index < -0.39 is 0 Å². The number of aromatic nitrogens is 5. The number of nitrogens with one attached hydrogen (secondary N) is 2. The zero-order chi connectivity index (χ0) is 11.7. The van der Waals surface area contributed by atoms with Gasteiger partial charge in [0, 0.05) is 11.1 Å². The lowest BCUT2D eigenvalue weighted by Gasteiger charge is -2.01. The molecule has 3 aromatic rings. The van der Waals surface area contributed by atoms with Gasteiger partial charge in [0.2, 0.25) is 0 Å². The molecule has 3 rings (SSSR count). The maximum atomic E-state index is 11.7. The van der Waals surface area contributed by atoms with E-state index in [-0.39, 0.29) is 5.91 Å². The van der Waals surface area contributed by atoms with Gasteiger partial charge in [0.25, 0.3) is 5.91 Å². The van der Waals surface area contributed by atoms with Crippen LogP contribution in [0.2, 0.25) is 0 Å². The third-order valence-electron chi connectivity index (χ3n) is 2.17. The molecule has 1 amide bonds. The SMILES string of the molecule is O=C(Nc1ccc2n[nH]nc2c1)c1csnn1. The molecule has 0 fully saturated rings. The predicted molar refractivity (Wildman–Crippen MR) is 61.8 cm³/mol. The molecule has 0 aliphatic rings. The van der Waals surface area contributed by atoms with E-state index in [0.717, 1.165) is 17.0 Å². The maximum Gasteiger partial charge on any atom is 0.277 e. The number of carbonyl (C=O) groups is 1. The molecule has 0 saturated heterocycles. The van der Waals surface area contributed by atoms with Crippen molar-refractivity contribution in [3.63, 3.8) is 0 Å². The third kappa shape index (κ3) is 1.85. The number of anilines is 1. The topological polar surface area (TPSA) is 96.5 Å². The smallest absolute Gasteiger partial charge is 0.277 e. The summed E-state index contributed by atoms with van der Waals surface area (Å²) in [6.07, 6.45) is 0. The Morgan fingerprint density at radius 1 is 1.29 bits per heavy atom. The molecule has 0 spiro atoms. The Labute approximate surface area is 99.0 Å². The van der Waals surface area contributed by atoms with Gasteiger partial charge in [0.15, 0.2) is 5.69 Å². The molecule has 17 heavy (non-hydrogen) atoms. The molecule has 0 aliphatic carbocycles. The van der Waals surface area contributed by atoms with Crippen LogP contribution in [0.5, 0.6) is 0 Å². The predicted octanol–water partition coefficient (Wildman–Crippen LogP) is 1.06. The lowest BCUT2D eigenvalue weighted by molar-refractivity contribution is 0.102. The molecule has 0 radical (unpaired) electrons. The fourth-order valence-electron chi connectivity index (χ4n) is 1.38. The summed E-state index contributed by atoms with van der Waals surface area (Å²) in [5, 5.41) is 18.4. The Morgan fingerprint density at radius 3 is 3.00 bits per heavy atom. The van der Waals surface area contributed by atoms with Gasteiger partial charge in [-0.3, -0.25) is 4.79 Å². The van der Waals surface area contributed by atoms with Crippen LogP contribution in [-0.2, 0) is 0 Å². The minimum atomic E-state index is -0.290. The van der Waals surface area contributed by atoms with Gasteiger partial charge in [-0.15, -0.1) is 5.10 Å². The van der Waals surface area contributed by atoms with Crippen molar-refractivity contribution in [2.45, 2.75) is 0 Å². The van der Waals surface area contributed by atoms with Crippen molar-refractivity contribution in [1.82, 2.24) is 25.0 Å². The Morgan fingerprint density at radius 2 is 2.18 bits per heavy atom. The number of benzene rings is 1. The van der Waals surface area contributed by atoms with Crippen LogP contribution in [-0.4, -0.2) is 30.9 Å². The lowest BCUT2D eigenvalue weighted by Crippen LogP contribution is -2.12. The Hall–Kier alpha value is -2.35. The van der Waals surface area contributed by atoms with Crippen LogP contribution >= 0.6 is 11.5 Å². The van der Waals surface area contributed by atoms with Crippen LogP contribution in [0.1, 0.15) is 10.5 Å². The van der Waals surface area contributed by atoms with E-state index >= 15 is 0 Å². The summed E-state index contributed by atoms with van der Waals surface area (Å²) < 4.78 is 3.63. The molecule has 2 aromatic heterocycles. The van der Waals surface area contributed by atoms with E-state index in [1.807, 2.05) is 0 Å². The zero-order valence-corrected chi connectivity index (χ0v) is 9.23.